The summed E-state index contributed by atoms with van der Waals surface area (Å²) in [5, 5.41) is 0. The van der Waals surface area contributed by atoms with Gasteiger partial charge in [-0.1, -0.05) is 91.0 Å². The van der Waals surface area contributed by atoms with Crippen LogP contribution in [0.25, 0.3) is 0 Å². The van der Waals surface area contributed by atoms with E-state index in [-0.39, 0.29) is 6.61 Å². The Balaban J connectivity index is 1.12. The lowest BCUT2D eigenvalue weighted by atomic mass is 9.96. The van der Waals surface area contributed by atoms with Gasteiger partial charge in [0.1, 0.15) is 48.8 Å². The Kier molecular flexibility index (Phi) is 9.83. The molecule has 0 saturated carbocycles. The van der Waals surface area contributed by atoms with Crippen LogP contribution in [0.15, 0.2) is 91.0 Å². The molecule has 5 heterocycles. The highest BCUT2D eigenvalue weighted by molar-refractivity contribution is 5.18. The van der Waals surface area contributed by atoms with Crippen LogP contribution < -0.4 is 0 Å². The first-order valence-electron chi connectivity index (χ1n) is 17.5. The number of ether oxygens (including phenoxy) is 11. The molecule has 0 spiro atoms. The van der Waals surface area contributed by atoms with Gasteiger partial charge in [0, 0.05) is 5.56 Å². The van der Waals surface area contributed by atoms with Gasteiger partial charge >= 0.3 is 0 Å². The van der Waals surface area contributed by atoms with Crippen LogP contribution in [0.2, 0.25) is 0 Å². The molecule has 268 valence electrons. The normalized spacial score (nSPS) is 37.3. The molecule has 0 N–H and O–H groups in total. The maximum absolute atomic E-state index is 6.99. The Morgan fingerprint density at radius 3 is 1.84 bits per heavy atom. The van der Waals surface area contributed by atoms with Crippen molar-refractivity contribution in [1.29, 1.82) is 0 Å². The van der Waals surface area contributed by atoms with Gasteiger partial charge in [-0.2, -0.15) is 0 Å². The molecule has 11 atom stereocenters. The number of benzene rings is 3. The fourth-order valence-electron chi connectivity index (χ4n) is 7.33. The molecular formula is C39H46O11. The molecule has 0 aromatic heterocycles. The molecular weight excluding hydrogens is 644 g/mol. The summed E-state index contributed by atoms with van der Waals surface area (Å²) in [6.07, 6.45) is -6.73. The van der Waals surface area contributed by atoms with Crippen LogP contribution >= 0.6 is 0 Å². The molecule has 0 amide bonds. The zero-order chi connectivity index (χ0) is 34.3. The van der Waals surface area contributed by atoms with Crippen LogP contribution in [0.3, 0.4) is 0 Å². The quantitative estimate of drug-likeness (QED) is 0.273. The van der Waals surface area contributed by atoms with Crippen molar-refractivity contribution in [2.45, 2.75) is 120 Å². The number of hydrogen-bond acceptors (Lipinski definition) is 11. The number of hydrogen-bond donors (Lipinski definition) is 0. The summed E-state index contributed by atoms with van der Waals surface area (Å²) in [6, 6.07) is 29.9. The van der Waals surface area contributed by atoms with Crippen LogP contribution in [-0.4, -0.2) is 86.2 Å². The first-order valence-corrected chi connectivity index (χ1v) is 17.5. The highest BCUT2D eigenvalue weighted by Gasteiger charge is 2.61. The molecule has 0 radical (unpaired) electrons. The average molecular weight is 691 g/mol. The van der Waals surface area contributed by atoms with Crippen molar-refractivity contribution in [2.75, 3.05) is 13.2 Å². The summed E-state index contributed by atoms with van der Waals surface area (Å²) >= 11 is 0. The first kappa shape index (κ1) is 34.3. The summed E-state index contributed by atoms with van der Waals surface area (Å²) in [4.78, 5) is 0. The Bertz CT molecular complexity index is 1540. The Morgan fingerprint density at radius 2 is 1.20 bits per heavy atom. The van der Waals surface area contributed by atoms with Gasteiger partial charge in [0.05, 0.1) is 26.4 Å². The lowest BCUT2D eigenvalue weighted by molar-refractivity contribution is -0.381. The molecule has 5 saturated heterocycles. The fraction of sp³-hybridized carbons (Fsp3) is 0.538. The summed E-state index contributed by atoms with van der Waals surface area (Å²) in [5.41, 5.74) is 2.93. The summed E-state index contributed by atoms with van der Waals surface area (Å²) < 4.78 is 71.5. The maximum atomic E-state index is 6.99. The van der Waals surface area contributed by atoms with Gasteiger partial charge in [-0.05, 0) is 38.8 Å². The monoisotopic (exact) mass is 690 g/mol. The summed E-state index contributed by atoms with van der Waals surface area (Å²) in [5.74, 6) is -1.63. The molecule has 5 aliphatic heterocycles. The van der Waals surface area contributed by atoms with Gasteiger partial charge in [-0.3, -0.25) is 0 Å². The van der Waals surface area contributed by atoms with E-state index in [0.29, 0.717) is 19.8 Å². The van der Waals surface area contributed by atoms with Crippen LogP contribution in [0, 0.1) is 0 Å². The van der Waals surface area contributed by atoms with Crippen molar-refractivity contribution in [3.63, 3.8) is 0 Å². The van der Waals surface area contributed by atoms with E-state index in [4.69, 9.17) is 52.1 Å². The molecule has 5 aliphatic rings. The SMILES string of the molecule is CC1(C)OCC(C2O[C@H]3OC(C)(C)OC3C2O[C@@H]2OC3COC(c4ccccc4)O[C@@H]3[C@H](OCc3ccccc3)C2OCc2ccccc2)O1. The molecule has 0 aliphatic carbocycles. The molecule has 5 fully saturated rings. The smallest absolute Gasteiger partial charge is 0.190 e. The standard InChI is InChI=1S/C39H46O11/c1-38(2)43-23-28(48-38)30-32(34-37(46-30)50-39(3,4)49-34)47-36-33(41-21-25-16-10-6-11-17-25)31(40-20-24-14-8-5-9-15-24)29-27(44-36)22-42-35(45-29)26-18-12-7-13-19-26/h5-19,27-37H,20-23H2,1-4H3/t27?,28?,29-,30?,31-,32?,33?,34?,35?,36-,37-/m0/s1. The van der Waals surface area contributed by atoms with Gasteiger partial charge < -0.3 is 52.1 Å². The van der Waals surface area contributed by atoms with Crippen molar-refractivity contribution in [3.8, 4) is 0 Å². The molecule has 11 nitrogen and oxygen atoms in total. The van der Waals surface area contributed by atoms with E-state index in [1.54, 1.807) is 0 Å². The Hall–Kier alpha value is -2.78. The molecule has 0 bridgehead atoms. The molecule has 3 aromatic rings. The molecule has 7 unspecified atom stereocenters. The van der Waals surface area contributed by atoms with Gasteiger partial charge in [0.2, 0.25) is 0 Å². The third-order valence-electron chi connectivity index (χ3n) is 9.64. The minimum Gasteiger partial charge on any atom is -0.368 e. The predicted molar refractivity (Wildman–Crippen MR) is 177 cm³/mol. The van der Waals surface area contributed by atoms with Crippen molar-refractivity contribution >= 4 is 0 Å². The molecule has 11 heteroatoms. The lowest BCUT2D eigenvalue weighted by Gasteiger charge is -2.49. The maximum Gasteiger partial charge on any atom is 0.190 e. The summed E-state index contributed by atoms with van der Waals surface area (Å²) in [6.45, 7) is 8.71. The van der Waals surface area contributed by atoms with E-state index >= 15 is 0 Å². The van der Waals surface area contributed by atoms with Crippen molar-refractivity contribution in [3.05, 3.63) is 108 Å². The van der Waals surface area contributed by atoms with Crippen LogP contribution in [0.1, 0.15) is 50.7 Å². The third-order valence-corrected chi connectivity index (χ3v) is 9.64. The van der Waals surface area contributed by atoms with Gasteiger partial charge in [0.15, 0.2) is 30.4 Å². The van der Waals surface area contributed by atoms with E-state index in [1.807, 2.05) is 119 Å². The third kappa shape index (κ3) is 7.41. The fourth-order valence-corrected chi connectivity index (χ4v) is 7.33. The predicted octanol–water partition coefficient (Wildman–Crippen LogP) is 5.41. The topological polar surface area (TPSA) is 102 Å². The Morgan fingerprint density at radius 1 is 0.580 bits per heavy atom. The highest BCUT2D eigenvalue weighted by Crippen LogP contribution is 2.44. The van der Waals surface area contributed by atoms with Crippen LogP contribution in [0.4, 0.5) is 0 Å². The molecule has 3 aromatic carbocycles. The highest BCUT2D eigenvalue weighted by atomic mass is 16.9. The second kappa shape index (κ2) is 14.3. The van der Waals surface area contributed by atoms with Crippen molar-refractivity contribution in [2.24, 2.45) is 0 Å². The minimum absolute atomic E-state index is 0.262. The van der Waals surface area contributed by atoms with Crippen molar-refractivity contribution in [1.82, 2.24) is 0 Å². The average Bonchev–Trinajstić information content (AvgIpc) is 3.75. The minimum atomic E-state index is -0.918. The van der Waals surface area contributed by atoms with E-state index < -0.39 is 79.3 Å². The van der Waals surface area contributed by atoms with Crippen LogP contribution in [0.5, 0.6) is 0 Å². The zero-order valence-electron chi connectivity index (χ0n) is 28.8. The van der Waals surface area contributed by atoms with E-state index in [1.165, 1.54) is 0 Å². The number of fused-ring (bicyclic) bond motifs is 2. The zero-order valence-corrected chi connectivity index (χ0v) is 28.8. The number of rotatable bonds is 10. The van der Waals surface area contributed by atoms with E-state index in [0.717, 1.165) is 16.7 Å². The van der Waals surface area contributed by atoms with Gasteiger partial charge in [-0.25, -0.2) is 0 Å². The van der Waals surface area contributed by atoms with Gasteiger partial charge in [-0.15, -0.1) is 0 Å². The largest absolute Gasteiger partial charge is 0.368 e. The first-order chi connectivity index (χ1) is 24.2. The van der Waals surface area contributed by atoms with Crippen molar-refractivity contribution < 1.29 is 52.1 Å². The summed E-state index contributed by atoms with van der Waals surface area (Å²) in [7, 11) is 0. The molecule has 8 rings (SSSR count). The van der Waals surface area contributed by atoms with E-state index in [9.17, 15) is 0 Å². The Labute approximate surface area is 292 Å². The van der Waals surface area contributed by atoms with Gasteiger partial charge in [0.25, 0.3) is 0 Å². The molecule has 50 heavy (non-hydrogen) atoms. The van der Waals surface area contributed by atoms with Crippen LogP contribution in [-0.2, 0) is 65.3 Å². The van der Waals surface area contributed by atoms with E-state index in [2.05, 4.69) is 0 Å². The lowest BCUT2D eigenvalue weighted by Crippen LogP contribution is -2.64. The second-order valence-corrected chi connectivity index (χ2v) is 14.3. The second-order valence-electron chi connectivity index (χ2n) is 14.3.